The fraction of sp³-hybridized carbons (Fsp3) is 0.391. The van der Waals surface area contributed by atoms with E-state index in [1.807, 2.05) is 55.5 Å². The molecule has 1 saturated heterocycles. The summed E-state index contributed by atoms with van der Waals surface area (Å²) in [4.78, 5) is 27.2. The molecule has 0 spiro atoms. The van der Waals surface area contributed by atoms with Gasteiger partial charge in [0, 0.05) is 12.2 Å². The monoisotopic (exact) mass is 379 g/mol. The van der Waals surface area contributed by atoms with Gasteiger partial charge in [0.1, 0.15) is 0 Å². The highest BCUT2D eigenvalue weighted by Gasteiger charge is 2.27. The van der Waals surface area contributed by atoms with Gasteiger partial charge in [0.05, 0.1) is 18.5 Å². The summed E-state index contributed by atoms with van der Waals surface area (Å²) >= 11 is 0. The molecule has 2 atom stereocenters. The summed E-state index contributed by atoms with van der Waals surface area (Å²) < 4.78 is 0. The number of hydrogen-bond donors (Lipinski definition) is 2. The van der Waals surface area contributed by atoms with E-state index in [9.17, 15) is 9.59 Å². The zero-order valence-corrected chi connectivity index (χ0v) is 16.7. The number of carbonyl (C=O) groups is 2. The van der Waals surface area contributed by atoms with Crippen molar-refractivity contribution < 1.29 is 9.59 Å². The molecular formula is C23H29N3O2. The van der Waals surface area contributed by atoms with E-state index >= 15 is 0 Å². The predicted molar refractivity (Wildman–Crippen MR) is 112 cm³/mol. The van der Waals surface area contributed by atoms with E-state index in [2.05, 4.69) is 28.5 Å². The molecule has 1 fully saturated rings. The second-order valence-corrected chi connectivity index (χ2v) is 7.58. The van der Waals surface area contributed by atoms with Crippen molar-refractivity contribution in [2.75, 3.05) is 25.0 Å². The summed E-state index contributed by atoms with van der Waals surface area (Å²) in [7, 11) is 0. The Morgan fingerprint density at radius 2 is 1.82 bits per heavy atom. The van der Waals surface area contributed by atoms with Crippen LogP contribution in [-0.2, 0) is 9.59 Å². The number of rotatable bonds is 6. The standard InChI is InChI=1S/C23H29N3O2/c1-17-9-6-7-13-21(17)18(2)24-22(27)16-26-14-8-10-19(15-26)23(28)25-20-11-4-3-5-12-20/h3-7,9,11-13,18-19H,8,10,14-16H2,1-2H3,(H,24,27)(H,25,28). The molecule has 1 aliphatic rings. The molecular weight excluding hydrogens is 350 g/mol. The molecule has 0 radical (unpaired) electrons. The van der Waals surface area contributed by atoms with E-state index in [-0.39, 0.29) is 23.8 Å². The molecule has 2 aromatic carbocycles. The second-order valence-electron chi connectivity index (χ2n) is 7.58. The topological polar surface area (TPSA) is 61.4 Å². The molecule has 2 amide bonds. The summed E-state index contributed by atoms with van der Waals surface area (Å²) in [5, 5.41) is 6.07. The van der Waals surface area contributed by atoms with Gasteiger partial charge >= 0.3 is 0 Å². The van der Waals surface area contributed by atoms with Crippen LogP contribution < -0.4 is 10.6 Å². The lowest BCUT2D eigenvalue weighted by molar-refractivity contribution is -0.126. The van der Waals surface area contributed by atoms with Crippen LogP contribution in [0.25, 0.3) is 0 Å². The molecule has 1 heterocycles. The molecule has 5 nitrogen and oxygen atoms in total. The maximum Gasteiger partial charge on any atom is 0.234 e. The van der Waals surface area contributed by atoms with E-state index < -0.39 is 0 Å². The number of aryl methyl sites for hydroxylation is 1. The third-order valence-electron chi connectivity index (χ3n) is 5.32. The number of amides is 2. The van der Waals surface area contributed by atoms with Crippen LogP contribution in [0.4, 0.5) is 5.69 Å². The highest BCUT2D eigenvalue weighted by atomic mass is 16.2. The zero-order chi connectivity index (χ0) is 19.9. The van der Waals surface area contributed by atoms with E-state index in [0.29, 0.717) is 13.1 Å². The predicted octanol–water partition coefficient (Wildman–Crippen LogP) is 3.52. The summed E-state index contributed by atoms with van der Waals surface area (Å²) in [6.07, 6.45) is 1.78. The van der Waals surface area contributed by atoms with Crippen molar-refractivity contribution in [1.29, 1.82) is 0 Å². The Morgan fingerprint density at radius 1 is 1.11 bits per heavy atom. The average Bonchev–Trinajstić information content (AvgIpc) is 2.69. The van der Waals surface area contributed by atoms with Crippen molar-refractivity contribution in [3.63, 3.8) is 0 Å². The molecule has 2 N–H and O–H groups in total. The van der Waals surface area contributed by atoms with Crippen molar-refractivity contribution in [2.24, 2.45) is 5.92 Å². The smallest absolute Gasteiger partial charge is 0.234 e. The van der Waals surface area contributed by atoms with Crippen molar-refractivity contribution >= 4 is 17.5 Å². The van der Waals surface area contributed by atoms with Gasteiger partial charge in [0.15, 0.2) is 0 Å². The Kier molecular flexibility index (Phi) is 6.82. The van der Waals surface area contributed by atoms with Gasteiger partial charge in [0.2, 0.25) is 11.8 Å². The fourth-order valence-corrected chi connectivity index (χ4v) is 3.82. The van der Waals surface area contributed by atoms with E-state index in [4.69, 9.17) is 0 Å². The first kappa shape index (κ1) is 20.1. The minimum atomic E-state index is -0.0875. The Bertz CT molecular complexity index is 807. The molecule has 1 aliphatic heterocycles. The minimum absolute atomic E-state index is 0.000120. The number of anilines is 1. The summed E-state index contributed by atoms with van der Waals surface area (Å²) in [5.41, 5.74) is 3.12. The molecule has 0 aliphatic carbocycles. The number of hydrogen-bond acceptors (Lipinski definition) is 3. The summed E-state index contributed by atoms with van der Waals surface area (Å²) in [6, 6.07) is 17.6. The highest BCUT2D eigenvalue weighted by molar-refractivity contribution is 5.92. The normalized spacial score (nSPS) is 18.3. The van der Waals surface area contributed by atoms with Crippen molar-refractivity contribution in [3.8, 4) is 0 Å². The SMILES string of the molecule is Cc1ccccc1C(C)NC(=O)CN1CCCC(C(=O)Nc2ccccc2)C1. The minimum Gasteiger partial charge on any atom is -0.348 e. The molecule has 5 heteroatoms. The molecule has 28 heavy (non-hydrogen) atoms. The lowest BCUT2D eigenvalue weighted by Crippen LogP contribution is -2.45. The number of carbonyl (C=O) groups excluding carboxylic acids is 2. The van der Waals surface area contributed by atoms with Crippen LogP contribution in [0.3, 0.4) is 0 Å². The van der Waals surface area contributed by atoms with Crippen molar-refractivity contribution in [2.45, 2.75) is 32.7 Å². The highest BCUT2D eigenvalue weighted by Crippen LogP contribution is 2.20. The second kappa shape index (κ2) is 9.51. The molecule has 0 bridgehead atoms. The number of nitrogens with zero attached hydrogens (tertiary/aromatic N) is 1. The third-order valence-corrected chi connectivity index (χ3v) is 5.32. The average molecular weight is 380 g/mol. The van der Waals surface area contributed by atoms with Crippen molar-refractivity contribution in [3.05, 3.63) is 65.7 Å². The Labute approximate surface area is 167 Å². The maximum absolute atomic E-state index is 12.6. The van der Waals surface area contributed by atoms with Gasteiger partial charge in [0.25, 0.3) is 0 Å². The van der Waals surface area contributed by atoms with E-state index in [1.165, 1.54) is 5.56 Å². The maximum atomic E-state index is 12.6. The van der Waals surface area contributed by atoms with Gasteiger partial charge in [-0.05, 0) is 56.5 Å². The van der Waals surface area contributed by atoms with Crippen LogP contribution in [0.15, 0.2) is 54.6 Å². The number of benzene rings is 2. The largest absolute Gasteiger partial charge is 0.348 e. The van der Waals surface area contributed by atoms with Gasteiger partial charge < -0.3 is 10.6 Å². The Balaban J connectivity index is 1.51. The Hall–Kier alpha value is -2.66. The van der Waals surface area contributed by atoms with Crippen LogP contribution in [0, 0.1) is 12.8 Å². The van der Waals surface area contributed by atoms with Gasteiger partial charge in [-0.1, -0.05) is 42.5 Å². The first-order chi connectivity index (χ1) is 13.5. The number of nitrogens with one attached hydrogen (secondary N) is 2. The van der Waals surface area contributed by atoms with Crippen molar-refractivity contribution in [1.82, 2.24) is 10.2 Å². The van der Waals surface area contributed by atoms with E-state index in [0.717, 1.165) is 30.6 Å². The zero-order valence-electron chi connectivity index (χ0n) is 16.7. The van der Waals surface area contributed by atoms with Crippen LogP contribution >= 0.6 is 0 Å². The van der Waals surface area contributed by atoms with Crippen LogP contribution in [0.5, 0.6) is 0 Å². The van der Waals surface area contributed by atoms with Gasteiger partial charge in [-0.2, -0.15) is 0 Å². The molecule has 3 rings (SSSR count). The van der Waals surface area contributed by atoms with Crippen LogP contribution in [-0.4, -0.2) is 36.3 Å². The Morgan fingerprint density at radius 3 is 2.57 bits per heavy atom. The van der Waals surface area contributed by atoms with Gasteiger partial charge in [-0.15, -0.1) is 0 Å². The first-order valence-corrected chi connectivity index (χ1v) is 9.96. The van der Waals surface area contributed by atoms with Crippen LogP contribution in [0.1, 0.15) is 36.9 Å². The molecule has 0 saturated carbocycles. The fourth-order valence-electron chi connectivity index (χ4n) is 3.82. The summed E-state index contributed by atoms with van der Waals surface area (Å²) in [5.74, 6) is -0.0556. The van der Waals surface area contributed by atoms with Gasteiger partial charge in [-0.25, -0.2) is 0 Å². The molecule has 2 aromatic rings. The molecule has 0 aromatic heterocycles. The van der Waals surface area contributed by atoms with Gasteiger partial charge in [-0.3, -0.25) is 14.5 Å². The molecule has 148 valence electrons. The molecule has 2 unspecified atom stereocenters. The number of likely N-dealkylation sites (tertiary alicyclic amines) is 1. The summed E-state index contributed by atoms with van der Waals surface area (Å²) in [6.45, 7) is 5.85. The lowest BCUT2D eigenvalue weighted by atomic mass is 9.97. The quantitative estimate of drug-likeness (QED) is 0.807. The number of para-hydroxylation sites is 1. The first-order valence-electron chi connectivity index (χ1n) is 9.96. The van der Waals surface area contributed by atoms with Crippen LogP contribution in [0.2, 0.25) is 0 Å². The lowest BCUT2D eigenvalue weighted by Gasteiger charge is -2.31. The van der Waals surface area contributed by atoms with E-state index in [1.54, 1.807) is 0 Å². The number of piperidine rings is 1. The third kappa shape index (κ3) is 5.42.